The van der Waals surface area contributed by atoms with Crippen LogP contribution in [0.4, 0.5) is 8.78 Å². The molecule has 1 aromatic rings. The molecule has 0 amide bonds. The molecule has 1 heterocycles. The Morgan fingerprint density at radius 2 is 1.73 bits per heavy atom. The predicted molar refractivity (Wildman–Crippen MR) is 47.7 cm³/mol. The summed E-state index contributed by atoms with van der Waals surface area (Å²) in [5, 5.41) is 0. The molecule has 0 aromatic carbocycles. The number of halogens is 2. The third-order valence-corrected chi connectivity index (χ3v) is 1.76. The summed E-state index contributed by atoms with van der Waals surface area (Å²) in [5.41, 5.74) is -0.287. The maximum Gasteiger partial charge on any atom is 0.300 e. The quantitative estimate of drug-likeness (QED) is 0.718. The highest BCUT2D eigenvalue weighted by Crippen LogP contribution is 2.28. The van der Waals surface area contributed by atoms with Crippen LogP contribution < -0.4 is 9.47 Å². The fourth-order valence-electron chi connectivity index (χ4n) is 1.08. The summed E-state index contributed by atoms with van der Waals surface area (Å²) in [7, 11) is 2.53. The van der Waals surface area contributed by atoms with Crippen molar-refractivity contribution >= 4 is 5.78 Å². The van der Waals surface area contributed by atoms with Crippen LogP contribution in [-0.4, -0.2) is 31.4 Å². The topological polar surface area (TPSA) is 48.4 Å². The van der Waals surface area contributed by atoms with E-state index in [1.54, 1.807) is 0 Å². The Balaban J connectivity index is 3.28. The minimum Gasteiger partial charge on any atom is -0.494 e. The van der Waals surface area contributed by atoms with Crippen LogP contribution in [0.1, 0.15) is 10.4 Å². The molecule has 0 saturated carbocycles. The molecule has 4 nitrogen and oxygen atoms in total. The summed E-state index contributed by atoms with van der Waals surface area (Å²) in [6.45, 7) is 0. The summed E-state index contributed by atoms with van der Waals surface area (Å²) in [6.07, 6.45) is -0.744. The van der Waals surface area contributed by atoms with Gasteiger partial charge in [0.15, 0.2) is 11.5 Å². The van der Waals surface area contributed by atoms with Crippen LogP contribution >= 0.6 is 0 Å². The van der Waals surface area contributed by atoms with E-state index in [0.717, 1.165) is 0 Å². The number of carbonyl (C=O) groups excluding carboxylic acids is 1. The highest BCUT2D eigenvalue weighted by Gasteiger charge is 2.26. The predicted octanol–water partition coefficient (Wildman–Crippen LogP) is 1.55. The molecule has 0 radical (unpaired) electrons. The van der Waals surface area contributed by atoms with Crippen molar-refractivity contribution in [1.29, 1.82) is 0 Å². The molecule has 1 aromatic heterocycles. The molecular weight excluding hydrogens is 208 g/mol. The molecule has 6 heteroatoms. The summed E-state index contributed by atoms with van der Waals surface area (Å²) >= 11 is 0. The number of methoxy groups -OCH3 is 2. The smallest absolute Gasteiger partial charge is 0.300 e. The first kappa shape index (κ1) is 11.4. The summed E-state index contributed by atoms with van der Waals surface area (Å²) in [6, 6.07) is 0. The normalized spacial score (nSPS) is 10.2. The largest absolute Gasteiger partial charge is 0.494 e. The van der Waals surface area contributed by atoms with Gasteiger partial charge in [-0.15, -0.1) is 0 Å². The highest BCUT2D eigenvalue weighted by molar-refractivity contribution is 6.03. The summed E-state index contributed by atoms with van der Waals surface area (Å²) in [5.74, 6) is -1.40. The molecule has 0 spiro atoms. The Morgan fingerprint density at radius 1 is 1.27 bits per heavy atom. The van der Waals surface area contributed by atoms with Crippen LogP contribution in [0.3, 0.4) is 0 Å². The number of carbonyl (C=O) groups is 1. The van der Waals surface area contributed by atoms with E-state index in [1.807, 2.05) is 0 Å². The van der Waals surface area contributed by atoms with Crippen molar-refractivity contribution < 1.29 is 23.0 Å². The van der Waals surface area contributed by atoms with Crippen LogP contribution in [0, 0.1) is 0 Å². The molecule has 1 rings (SSSR count). The fraction of sp³-hybridized carbons (Fsp3) is 0.333. The number of ether oxygens (including phenoxy) is 2. The average Bonchev–Trinajstić information content (AvgIpc) is 2.26. The van der Waals surface area contributed by atoms with Crippen LogP contribution in [0.15, 0.2) is 12.4 Å². The zero-order valence-electron chi connectivity index (χ0n) is 8.16. The van der Waals surface area contributed by atoms with Crippen molar-refractivity contribution in [3.05, 3.63) is 18.0 Å². The number of aromatic nitrogens is 1. The fourth-order valence-corrected chi connectivity index (χ4v) is 1.08. The molecule has 0 fully saturated rings. The molecular formula is C9H9F2NO3. The number of rotatable bonds is 4. The SMILES string of the molecule is COc1cncc(OC)c1C(=O)C(F)F. The van der Waals surface area contributed by atoms with E-state index in [0.29, 0.717) is 0 Å². The van der Waals surface area contributed by atoms with Crippen molar-refractivity contribution in [2.45, 2.75) is 6.43 Å². The summed E-state index contributed by atoms with van der Waals surface area (Å²) in [4.78, 5) is 14.8. The third-order valence-electron chi connectivity index (χ3n) is 1.76. The Kier molecular flexibility index (Phi) is 3.54. The first-order valence-corrected chi connectivity index (χ1v) is 4.00. The molecule has 82 valence electrons. The van der Waals surface area contributed by atoms with Crippen molar-refractivity contribution in [2.24, 2.45) is 0 Å². The van der Waals surface area contributed by atoms with E-state index in [2.05, 4.69) is 4.98 Å². The number of ketones is 1. The Labute approximate surface area is 84.8 Å². The minimum atomic E-state index is -3.10. The number of Topliss-reactive ketones (excluding diaryl/α,β-unsaturated/α-hetero) is 1. The van der Waals surface area contributed by atoms with Gasteiger partial charge in [-0.3, -0.25) is 9.78 Å². The standard InChI is InChI=1S/C9H9F2NO3/c1-14-5-3-12-4-6(15-2)7(5)8(13)9(10)11/h3-4,9H,1-2H3. The van der Waals surface area contributed by atoms with E-state index >= 15 is 0 Å². The Morgan fingerprint density at radius 3 is 2.07 bits per heavy atom. The zero-order valence-corrected chi connectivity index (χ0v) is 8.16. The van der Waals surface area contributed by atoms with Crippen molar-refractivity contribution in [1.82, 2.24) is 4.98 Å². The number of hydrogen-bond acceptors (Lipinski definition) is 4. The lowest BCUT2D eigenvalue weighted by Gasteiger charge is -2.10. The highest BCUT2D eigenvalue weighted by atomic mass is 19.3. The van der Waals surface area contributed by atoms with Crippen LogP contribution in [0.2, 0.25) is 0 Å². The second-order valence-electron chi connectivity index (χ2n) is 2.58. The average molecular weight is 217 g/mol. The lowest BCUT2D eigenvalue weighted by Crippen LogP contribution is -2.13. The van der Waals surface area contributed by atoms with Gasteiger partial charge in [0.2, 0.25) is 5.78 Å². The number of alkyl halides is 2. The maximum atomic E-state index is 12.3. The zero-order chi connectivity index (χ0) is 11.4. The Hall–Kier alpha value is -1.72. The van der Waals surface area contributed by atoms with Gasteiger partial charge in [-0.25, -0.2) is 8.78 Å². The van der Waals surface area contributed by atoms with E-state index in [-0.39, 0.29) is 17.1 Å². The van der Waals surface area contributed by atoms with E-state index in [1.165, 1.54) is 26.6 Å². The first-order valence-electron chi connectivity index (χ1n) is 4.00. The molecule has 0 aliphatic heterocycles. The summed E-state index contributed by atoms with van der Waals surface area (Å²) < 4.78 is 34.1. The first-order chi connectivity index (χ1) is 7.11. The van der Waals surface area contributed by atoms with Gasteiger partial charge >= 0.3 is 6.43 Å². The monoisotopic (exact) mass is 217 g/mol. The van der Waals surface area contributed by atoms with Crippen molar-refractivity contribution in [2.75, 3.05) is 14.2 Å². The van der Waals surface area contributed by atoms with Gasteiger partial charge in [-0.1, -0.05) is 0 Å². The Bertz CT molecular complexity index is 346. The van der Waals surface area contributed by atoms with Crippen LogP contribution in [-0.2, 0) is 0 Å². The second-order valence-corrected chi connectivity index (χ2v) is 2.58. The van der Waals surface area contributed by atoms with E-state index in [9.17, 15) is 13.6 Å². The van der Waals surface area contributed by atoms with Crippen LogP contribution in [0.5, 0.6) is 11.5 Å². The number of pyridine rings is 1. The van der Waals surface area contributed by atoms with E-state index in [4.69, 9.17) is 9.47 Å². The lowest BCUT2D eigenvalue weighted by atomic mass is 10.1. The molecule has 0 saturated heterocycles. The third kappa shape index (κ3) is 2.20. The van der Waals surface area contributed by atoms with Gasteiger partial charge in [0.1, 0.15) is 5.56 Å². The van der Waals surface area contributed by atoms with Crippen molar-refractivity contribution in [3.8, 4) is 11.5 Å². The van der Waals surface area contributed by atoms with Gasteiger partial charge in [0.05, 0.1) is 26.6 Å². The number of hydrogen-bond donors (Lipinski definition) is 0. The molecule has 0 aliphatic rings. The molecule has 15 heavy (non-hydrogen) atoms. The second kappa shape index (κ2) is 4.68. The van der Waals surface area contributed by atoms with Crippen LogP contribution in [0.25, 0.3) is 0 Å². The van der Waals surface area contributed by atoms with Gasteiger partial charge in [-0.05, 0) is 0 Å². The molecule has 0 atom stereocenters. The van der Waals surface area contributed by atoms with Gasteiger partial charge in [0, 0.05) is 0 Å². The molecule has 0 aliphatic carbocycles. The van der Waals surface area contributed by atoms with Gasteiger partial charge in [0.25, 0.3) is 0 Å². The molecule has 0 bridgehead atoms. The minimum absolute atomic E-state index is 0.0281. The van der Waals surface area contributed by atoms with E-state index < -0.39 is 12.2 Å². The van der Waals surface area contributed by atoms with Gasteiger partial charge in [-0.2, -0.15) is 0 Å². The van der Waals surface area contributed by atoms with Gasteiger partial charge < -0.3 is 9.47 Å². The lowest BCUT2D eigenvalue weighted by molar-refractivity contribution is 0.0672. The van der Waals surface area contributed by atoms with Crippen molar-refractivity contribution in [3.63, 3.8) is 0 Å². The molecule has 0 unspecified atom stereocenters. The number of nitrogens with zero attached hydrogens (tertiary/aromatic N) is 1. The maximum absolute atomic E-state index is 12.3. The molecule has 0 N–H and O–H groups in total.